The normalized spacial score (nSPS) is 11.2. The molecule has 5 aromatic rings. The third-order valence-corrected chi connectivity index (χ3v) is 5.87. The Bertz CT molecular complexity index is 1720. The fourth-order valence-corrected chi connectivity index (χ4v) is 3.66. The first-order valence-electron chi connectivity index (χ1n) is 12.2. The molecule has 0 bridgehead atoms. The lowest BCUT2D eigenvalue weighted by Crippen LogP contribution is -2.18. The third-order valence-electron chi connectivity index (χ3n) is 5.87. The largest absolute Gasteiger partial charge is 0.334 e. The van der Waals surface area contributed by atoms with Gasteiger partial charge in [-0.3, -0.25) is 19.6 Å². The number of benzene rings is 1. The summed E-state index contributed by atoms with van der Waals surface area (Å²) in [6.45, 7) is 5.95. The summed E-state index contributed by atoms with van der Waals surface area (Å²) in [6.07, 6.45) is 6.20. The predicted molar refractivity (Wildman–Crippen MR) is 147 cm³/mol. The second-order valence-corrected chi connectivity index (χ2v) is 9.85. The molecule has 0 spiro atoms. The number of H-pyrrole nitrogens is 1. The Hall–Kier alpha value is -5.39. The molecule has 4 heterocycles. The van der Waals surface area contributed by atoms with Gasteiger partial charge in [0.25, 0.3) is 11.5 Å². The van der Waals surface area contributed by atoms with Crippen LogP contribution in [-0.2, 0) is 5.41 Å². The molecule has 12 heteroatoms. The van der Waals surface area contributed by atoms with Crippen molar-refractivity contribution in [3.8, 4) is 22.5 Å². The van der Waals surface area contributed by atoms with Gasteiger partial charge in [0.2, 0.25) is 0 Å². The molecular formula is C28H24FN9O2. The lowest BCUT2D eigenvalue weighted by Gasteiger charge is -2.16. The van der Waals surface area contributed by atoms with Crippen LogP contribution in [0.5, 0.6) is 0 Å². The van der Waals surface area contributed by atoms with E-state index in [1.54, 1.807) is 24.5 Å². The molecule has 40 heavy (non-hydrogen) atoms. The maximum absolute atomic E-state index is 14.6. The summed E-state index contributed by atoms with van der Waals surface area (Å²) >= 11 is 0. The van der Waals surface area contributed by atoms with Gasteiger partial charge in [-0.25, -0.2) is 14.5 Å². The smallest absolute Gasteiger partial charge is 0.287 e. The van der Waals surface area contributed by atoms with Gasteiger partial charge in [0.05, 0.1) is 29.0 Å². The highest BCUT2D eigenvalue weighted by Gasteiger charge is 2.18. The molecule has 0 aliphatic carbocycles. The average Bonchev–Trinajstić information content (AvgIpc) is 2.96. The summed E-state index contributed by atoms with van der Waals surface area (Å²) in [5, 5.41) is 20.3. The highest BCUT2D eigenvalue weighted by Crippen LogP contribution is 2.26. The summed E-state index contributed by atoms with van der Waals surface area (Å²) < 4.78 is 14.6. The SMILES string of the molecule is CC(C)(C)c1cnc(C(=O)Nc2cc(-c3cc(Nc4ccc(-c5ccncc5)nn4)c(=O)[nH]n3)ccc2F)cn1. The summed E-state index contributed by atoms with van der Waals surface area (Å²) in [4.78, 5) is 37.6. The minimum Gasteiger partial charge on any atom is -0.334 e. The van der Waals surface area contributed by atoms with Crippen molar-refractivity contribution in [1.29, 1.82) is 0 Å². The number of aromatic nitrogens is 7. The zero-order valence-electron chi connectivity index (χ0n) is 21.8. The molecule has 11 nitrogen and oxygen atoms in total. The minimum atomic E-state index is -0.649. The monoisotopic (exact) mass is 537 g/mol. The molecule has 3 N–H and O–H groups in total. The fraction of sp³-hybridized carbons (Fsp3) is 0.143. The van der Waals surface area contributed by atoms with Crippen LogP contribution in [0.4, 0.5) is 21.6 Å². The van der Waals surface area contributed by atoms with Gasteiger partial charge in [0, 0.05) is 35.1 Å². The first-order chi connectivity index (χ1) is 19.2. The molecule has 0 radical (unpaired) electrons. The Kier molecular flexibility index (Phi) is 7.06. The lowest BCUT2D eigenvalue weighted by molar-refractivity contribution is 0.102. The zero-order valence-corrected chi connectivity index (χ0v) is 21.8. The molecule has 0 saturated heterocycles. The van der Waals surface area contributed by atoms with Crippen molar-refractivity contribution in [2.45, 2.75) is 26.2 Å². The molecule has 0 aliphatic heterocycles. The van der Waals surface area contributed by atoms with Crippen LogP contribution in [0.25, 0.3) is 22.5 Å². The van der Waals surface area contributed by atoms with E-state index in [1.165, 1.54) is 36.7 Å². The lowest BCUT2D eigenvalue weighted by atomic mass is 9.93. The van der Waals surface area contributed by atoms with Gasteiger partial charge in [0.15, 0.2) is 5.82 Å². The van der Waals surface area contributed by atoms with Crippen molar-refractivity contribution in [1.82, 2.24) is 35.3 Å². The molecule has 0 unspecified atom stereocenters. The maximum Gasteiger partial charge on any atom is 0.287 e. The van der Waals surface area contributed by atoms with E-state index >= 15 is 0 Å². The molecule has 5 rings (SSSR count). The first kappa shape index (κ1) is 26.2. The highest BCUT2D eigenvalue weighted by atomic mass is 19.1. The number of pyridine rings is 1. The van der Waals surface area contributed by atoms with Gasteiger partial charge >= 0.3 is 0 Å². The molecule has 0 saturated carbocycles. The summed E-state index contributed by atoms with van der Waals surface area (Å²) in [5.74, 6) is -0.926. The molecular weight excluding hydrogens is 513 g/mol. The Labute approximate surface area is 228 Å². The van der Waals surface area contributed by atoms with E-state index in [-0.39, 0.29) is 22.5 Å². The third kappa shape index (κ3) is 5.85. The van der Waals surface area contributed by atoms with Gasteiger partial charge < -0.3 is 10.6 Å². The second-order valence-electron chi connectivity index (χ2n) is 9.85. The highest BCUT2D eigenvalue weighted by molar-refractivity contribution is 6.03. The second kappa shape index (κ2) is 10.8. The molecule has 0 atom stereocenters. The van der Waals surface area contributed by atoms with Crippen molar-refractivity contribution in [3.63, 3.8) is 0 Å². The molecule has 1 amide bonds. The van der Waals surface area contributed by atoms with E-state index in [2.05, 4.69) is 46.0 Å². The summed E-state index contributed by atoms with van der Waals surface area (Å²) in [6, 6.07) is 12.7. The Morgan fingerprint density at radius 3 is 2.35 bits per heavy atom. The molecule has 0 aliphatic rings. The van der Waals surface area contributed by atoms with Crippen LogP contribution in [0.15, 0.2) is 78.1 Å². The van der Waals surface area contributed by atoms with Gasteiger partial charge in [0.1, 0.15) is 17.2 Å². The van der Waals surface area contributed by atoms with Gasteiger partial charge in [-0.2, -0.15) is 5.10 Å². The summed E-state index contributed by atoms with van der Waals surface area (Å²) in [5.41, 5.74) is 2.40. The molecule has 200 valence electrons. The Morgan fingerprint density at radius 1 is 0.875 bits per heavy atom. The maximum atomic E-state index is 14.6. The predicted octanol–water partition coefficient (Wildman–Crippen LogP) is 4.51. The summed E-state index contributed by atoms with van der Waals surface area (Å²) in [7, 11) is 0. The molecule has 4 aromatic heterocycles. The van der Waals surface area contributed by atoms with E-state index in [4.69, 9.17) is 0 Å². The minimum absolute atomic E-state index is 0.0440. The van der Waals surface area contributed by atoms with Crippen LogP contribution in [0.2, 0.25) is 0 Å². The topological polar surface area (TPSA) is 151 Å². The average molecular weight is 538 g/mol. The van der Waals surface area contributed by atoms with E-state index in [9.17, 15) is 14.0 Å². The van der Waals surface area contributed by atoms with Crippen molar-refractivity contribution in [2.75, 3.05) is 10.6 Å². The molecule has 1 aromatic carbocycles. The van der Waals surface area contributed by atoms with Gasteiger partial charge in [-0.05, 0) is 48.5 Å². The number of nitrogens with one attached hydrogen (secondary N) is 3. The number of carbonyl (C=O) groups excluding carboxylic acids is 1. The van der Waals surface area contributed by atoms with Crippen LogP contribution < -0.4 is 16.2 Å². The number of anilines is 3. The standard InChI is InChI=1S/C28H24FN9O2/c1-28(2,3)24-15-31-23(14-32-24)26(39)34-21-12-17(4-5-18(21)29)20-13-22(27(40)38-36-20)33-25-7-6-19(35-37-25)16-8-10-30-11-9-16/h4-15H,1-3H3,(H,34,39)(H,38,40)(H,33,36,37). The number of halogens is 1. The van der Waals surface area contributed by atoms with Crippen LogP contribution >= 0.6 is 0 Å². The number of amides is 1. The molecule has 0 fully saturated rings. The zero-order chi connectivity index (χ0) is 28.3. The Morgan fingerprint density at radius 2 is 1.68 bits per heavy atom. The number of carbonyl (C=O) groups is 1. The van der Waals surface area contributed by atoms with Crippen molar-refractivity contribution in [2.24, 2.45) is 0 Å². The van der Waals surface area contributed by atoms with Crippen molar-refractivity contribution < 1.29 is 9.18 Å². The van der Waals surface area contributed by atoms with E-state index in [1.807, 2.05) is 32.9 Å². The van der Waals surface area contributed by atoms with E-state index in [0.717, 1.165) is 11.3 Å². The van der Waals surface area contributed by atoms with Crippen molar-refractivity contribution >= 4 is 23.1 Å². The van der Waals surface area contributed by atoms with Crippen LogP contribution in [-0.4, -0.2) is 41.3 Å². The number of hydrogen-bond acceptors (Lipinski definition) is 9. The quantitative estimate of drug-likeness (QED) is 0.284. The van der Waals surface area contributed by atoms with Crippen LogP contribution in [0, 0.1) is 5.82 Å². The number of rotatable bonds is 6. The number of hydrogen-bond donors (Lipinski definition) is 3. The van der Waals surface area contributed by atoms with Crippen LogP contribution in [0.3, 0.4) is 0 Å². The van der Waals surface area contributed by atoms with Gasteiger partial charge in [-0.1, -0.05) is 20.8 Å². The van der Waals surface area contributed by atoms with Gasteiger partial charge in [-0.15, -0.1) is 10.2 Å². The fourth-order valence-electron chi connectivity index (χ4n) is 3.66. The first-order valence-corrected chi connectivity index (χ1v) is 12.2. The van der Waals surface area contributed by atoms with Crippen molar-refractivity contribution in [3.05, 3.63) is 101 Å². The van der Waals surface area contributed by atoms with E-state index < -0.39 is 17.3 Å². The number of aromatic amines is 1. The Balaban J connectivity index is 1.35. The van der Waals surface area contributed by atoms with E-state index in [0.29, 0.717) is 22.8 Å². The van der Waals surface area contributed by atoms with Crippen LogP contribution in [0.1, 0.15) is 37.0 Å². The number of nitrogens with zero attached hydrogens (tertiary/aromatic N) is 6.